The number of rotatable bonds is 5. The third-order valence-corrected chi connectivity index (χ3v) is 3.06. The van der Waals surface area contributed by atoms with E-state index in [-0.39, 0.29) is 0 Å². The average Bonchev–Trinajstić information content (AvgIpc) is 2.93. The summed E-state index contributed by atoms with van der Waals surface area (Å²) in [6.45, 7) is 2.34. The molecule has 1 amide bonds. The first-order chi connectivity index (χ1) is 10.7. The van der Waals surface area contributed by atoms with Gasteiger partial charge in [0.25, 0.3) is 0 Å². The molecule has 124 valence electrons. The predicted octanol–water partition coefficient (Wildman–Crippen LogP) is 2.14. The molecule has 1 aromatic carbocycles. The topological polar surface area (TPSA) is 72.7 Å². The highest BCUT2D eigenvalue weighted by atomic mass is 19.4. The van der Waals surface area contributed by atoms with Crippen molar-refractivity contribution in [2.45, 2.75) is 32.5 Å². The lowest BCUT2D eigenvalue weighted by Crippen LogP contribution is -2.36. The maximum atomic E-state index is 12.0. The van der Waals surface area contributed by atoms with Crippen molar-refractivity contribution < 1.29 is 18.0 Å². The second kappa shape index (κ2) is 6.76. The van der Waals surface area contributed by atoms with Crippen LogP contribution >= 0.6 is 0 Å². The van der Waals surface area contributed by atoms with Gasteiger partial charge in [-0.1, -0.05) is 38.1 Å². The highest BCUT2D eigenvalue weighted by molar-refractivity contribution is 5.75. The molecule has 1 aromatic heterocycles. The lowest BCUT2D eigenvalue weighted by atomic mass is 10.0. The summed E-state index contributed by atoms with van der Waals surface area (Å²) < 4.78 is 36.0. The van der Waals surface area contributed by atoms with E-state index in [1.807, 2.05) is 24.3 Å². The van der Waals surface area contributed by atoms with E-state index in [9.17, 15) is 18.0 Å². The first-order valence-electron chi connectivity index (χ1n) is 6.96. The Hall–Kier alpha value is -2.45. The van der Waals surface area contributed by atoms with Gasteiger partial charge in [0.2, 0.25) is 11.7 Å². The van der Waals surface area contributed by atoms with Crippen molar-refractivity contribution in [1.29, 1.82) is 0 Å². The van der Waals surface area contributed by atoms with Crippen molar-refractivity contribution in [1.82, 2.24) is 25.5 Å². The van der Waals surface area contributed by atoms with Gasteiger partial charge in [-0.25, -0.2) is 0 Å². The van der Waals surface area contributed by atoms with Gasteiger partial charge in [-0.2, -0.15) is 18.0 Å². The van der Waals surface area contributed by atoms with Crippen molar-refractivity contribution in [3.05, 3.63) is 29.8 Å². The van der Waals surface area contributed by atoms with Crippen LogP contribution in [0.4, 0.5) is 13.2 Å². The largest absolute Gasteiger partial charge is 0.405 e. The lowest BCUT2D eigenvalue weighted by Gasteiger charge is -2.07. The number of nitrogens with one attached hydrogen (secondary N) is 1. The summed E-state index contributed by atoms with van der Waals surface area (Å²) in [4.78, 5) is 12.3. The normalized spacial score (nSPS) is 11.7. The van der Waals surface area contributed by atoms with Gasteiger partial charge in [0.1, 0.15) is 13.1 Å². The molecule has 6 nitrogen and oxygen atoms in total. The number of hydrogen-bond donors (Lipinski definition) is 1. The Morgan fingerprint density at radius 3 is 2.48 bits per heavy atom. The van der Waals surface area contributed by atoms with Gasteiger partial charge in [-0.3, -0.25) is 4.79 Å². The maximum Gasteiger partial charge on any atom is 0.405 e. The number of alkyl halides is 3. The Balaban J connectivity index is 1.99. The number of tetrazole rings is 1. The van der Waals surface area contributed by atoms with Crippen LogP contribution in [0.1, 0.15) is 25.3 Å². The second-order valence-corrected chi connectivity index (χ2v) is 5.31. The van der Waals surface area contributed by atoms with E-state index in [0.717, 1.165) is 15.9 Å². The maximum absolute atomic E-state index is 12.0. The molecule has 0 atom stereocenters. The van der Waals surface area contributed by atoms with Crippen molar-refractivity contribution >= 4 is 5.91 Å². The van der Waals surface area contributed by atoms with Gasteiger partial charge in [0, 0.05) is 5.56 Å². The predicted molar refractivity (Wildman–Crippen MR) is 76.4 cm³/mol. The number of benzene rings is 1. The highest BCUT2D eigenvalue weighted by Gasteiger charge is 2.27. The first kappa shape index (κ1) is 16.9. The molecular formula is C14H16F3N5O. The van der Waals surface area contributed by atoms with Crippen LogP contribution in [0.3, 0.4) is 0 Å². The van der Waals surface area contributed by atoms with Crippen LogP contribution in [0.15, 0.2) is 24.3 Å². The van der Waals surface area contributed by atoms with Crippen LogP contribution in [0.25, 0.3) is 11.4 Å². The molecule has 0 bridgehead atoms. The molecule has 2 aromatic rings. The third-order valence-electron chi connectivity index (χ3n) is 3.06. The summed E-state index contributed by atoms with van der Waals surface area (Å²) in [7, 11) is 0. The van der Waals surface area contributed by atoms with Crippen molar-refractivity contribution in [3.8, 4) is 11.4 Å². The molecule has 0 saturated heterocycles. The Morgan fingerprint density at radius 1 is 1.26 bits per heavy atom. The van der Waals surface area contributed by atoms with Crippen LogP contribution in [0, 0.1) is 0 Å². The lowest BCUT2D eigenvalue weighted by molar-refractivity contribution is -0.139. The van der Waals surface area contributed by atoms with E-state index >= 15 is 0 Å². The standard InChI is InChI=1S/C14H16F3N5O/c1-9(2)10-3-5-11(6-4-10)13-19-21-22(20-13)7-12(23)18-8-14(15,16)17/h3-6,9H,7-8H2,1-2H3,(H,18,23). The zero-order valence-corrected chi connectivity index (χ0v) is 12.6. The quantitative estimate of drug-likeness (QED) is 0.913. The van der Waals surface area contributed by atoms with Crippen molar-refractivity contribution in [2.75, 3.05) is 6.54 Å². The molecule has 0 unspecified atom stereocenters. The van der Waals surface area contributed by atoms with Crippen LogP contribution in [0.5, 0.6) is 0 Å². The van der Waals surface area contributed by atoms with Crippen molar-refractivity contribution in [2.24, 2.45) is 0 Å². The Kier molecular flexibility index (Phi) is 4.97. The number of aromatic nitrogens is 4. The Morgan fingerprint density at radius 2 is 1.91 bits per heavy atom. The van der Waals surface area contributed by atoms with Crippen LogP contribution in [-0.2, 0) is 11.3 Å². The van der Waals surface area contributed by atoms with E-state index in [0.29, 0.717) is 11.7 Å². The molecule has 0 aliphatic heterocycles. The van der Waals surface area contributed by atoms with Gasteiger partial charge in [-0.15, -0.1) is 10.2 Å². The van der Waals surface area contributed by atoms with Crippen LogP contribution in [-0.4, -0.2) is 38.8 Å². The minimum absolute atomic E-state index is 0.309. The number of amides is 1. The molecule has 1 heterocycles. The molecule has 0 aliphatic rings. The highest BCUT2D eigenvalue weighted by Crippen LogP contribution is 2.19. The summed E-state index contributed by atoms with van der Waals surface area (Å²) in [5.74, 6) is -0.129. The number of carbonyl (C=O) groups is 1. The molecule has 23 heavy (non-hydrogen) atoms. The Labute approximate surface area is 130 Å². The van der Waals surface area contributed by atoms with Crippen LogP contribution < -0.4 is 5.32 Å². The summed E-state index contributed by atoms with van der Waals surface area (Å²) in [6, 6.07) is 7.55. The fourth-order valence-electron chi connectivity index (χ4n) is 1.83. The van der Waals surface area contributed by atoms with Gasteiger partial charge in [0.15, 0.2) is 0 Å². The molecular weight excluding hydrogens is 311 g/mol. The van der Waals surface area contributed by atoms with Gasteiger partial charge in [0.05, 0.1) is 0 Å². The summed E-state index contributed by atoms with van der Waals surface area (Å²) in [5.41, 5.74) is 1.88. The third kappa shape index (κ3) is 5.04. The SMILES string of the molecule is CC(C)c1ccc(-c2nnn(CC(=O)NCC(F)(F)F)n2)cc1. The molecule has 9 heteroatoms. The minimum atomic E-state index is -4.45. The van der Waals surface area contributed by atoms with Gasteiger partial charge in [-0.05, 0) is 16.7 Å². The van der Waals surface area contributed by atoms with E-state index in [2.05, 4.69) is 29.3 Å². The number of carbonyl (C=O) groups excluding carboxylic acids is 1. The monoisotopic (exact) mass is 327 g/mol. The number of halogens is 3. The molecule has 0 aliphatic carbocycles. The zero-order valence-electron chi connectivity index (χ0n) is 12.6. The molecule has 0 spiro atoms. The number of hydrogen-bond acceptors (Lipinski definition) is 4. The zero-order chi connectivity index (χ0) is 17.0. The molecule has 0 radical (unpaired) electrons. The molecule has 0 fully saturated rings. The second-order valence-electron chi connectivity index (χ2n) is 5.31. The van der Waals surface area contributed by atoms with Crippen molar-refractivity contribution in [3.63, 3.8) is 0 Å². The van der Waals surface area contributed by atoms with Crippen LogP contribution in [0.2, 0.25) is 0 Å². The van der Waals surface area contributed by atoms with Gasteiger partial charge < -0.3 is 5.32 Å². The minimum Gasteiger partial charge on any atom is -0.345 e. The van der Waals surface area contributed by atoms with E-state index in [4.69, 9.17) is 0 Å². The average molecular weight is 327 g/mol. The molecule has 1 N–H and O–H groups in total. The first-order valence-corrected chi connectivity index (χ1v) is 6.96. The summed E-state index contributed by atoms with van der Waals surface area (Å²) in [5, 5.41) is 13.2. The molecule has 2 rings (SSSR count). The fourth-order valence-corrected chi connectivity index (χ4v) is 1.83. The number of nitrogens with zero attached hydrogens (tertiary/aromatic N) is 4. The van der Waals surface area contributed by atoms with E-state index in [1.165, 1.54) is 0 Å². The van der Waals surface area contributed by atoms with Gasteiger partial charge >= 0.3 is 6.18 Å². The van der Waals surface area contributed by atoms with E-state index in [1.54, 1.807) is 5.32 Å². The fraction of sp³-hybridized carbons (Fsp3) is 0.429. The summed E-state index contributed by atoms with van der Waals surface area (Å²) >= 11 is 0. The Bertz CT molecular complexity index is 664. The molecule has 0 saturated carbocycles. The van der Waals surface area contributed by atoms with E-state index < -0.39 is 25.2 Å². The summed E-state index contributed by atoms with van der Waals surface area (Å²) in [6.07, 6.45) is -4.45. The smallest absolute Gasteiger partial charge is 0.345 e.